The lowest BCUT2D eigenvalue weighted by Gasteiger charge is -2.16. The standard InChI is InChI=1S/C16H15ClFN3/c1-10(8-11-2-5-13(18)6-3-11)21-15-9-12(17)4-7-14(15)20-16(21)19/h2-7,9-10H,8H2,1H3,(H2,19,20). The second kappa shape index (κ2) is 5.37. The number of imidazole rings is 1. The van der Waals surface area contributed by atoms with Gasteiger partial charge in [0.15, 0.2) is 0 Å². The summed E-state index contributed by atoms with van der Waals surface area (Å²) in [6.07, 6.45) is 0.739. The van der Waals surface area contributed by atoms with Crippen LogP contribution in [-0.4, -0.2) is 9.55 Å². The van der Waals surface area contributed by atoms with Crippen molar-refractivity contribution < 1.29 is 4.39 Å². The maximum atomic E-state index is 13.0. The Morgan fingerprint density at radius 2 is 1.95 bits per heavy atom. The average Bonchev–Trinajstić information content (AvgIpc) is 2.76. The number of anilines is 1. The van der Waals surface area contributed by atoms with Crippen LogP contribution in [-0.2, 0) is 6.42 Å². The highest BCUT2D eigenvalue weighted by atomic mass is 35.5. The van der Waals surface area contributed by atoms with Gasteiger partial charge >= 0.3 is 0 Å². The Morgan fingerprint density at radius 3 is 2.67 bits per heavy atom. The number of nitrogens with two attached hydrogens (primary N) is 1. The zero-order valence-electron chi connectivity index (χ0n) is 11.6. The van der Waals surface area contributed by atoms with E-state index in [1.165, 1.54) is 12.1 Å². The van der Waals surface area contributed by atoms with Crippen LogP contribution < -0.4 is 5.73 Å². The first-order valence-electron chi connectivity index (χ1n) is 6.72. The molecule has 2 aromatic carbocycles. The summed E-state index contributed by atoms with van der Waals surface area (Å²) in [4.78, 5) is 4.35. The molecule has 0 aliphatic heterocycles. The molecule has 108 valence electrons. The monoisotopic (exact) mass is 303 g/mol. The smallest absolute Gasteiger partial charge is 0.201 e. The zero-order valence-corrected chi connectivity index (χ0v) is 12.3. The van der Waals surface area contributed by atoms with Gasteiger partial charge in [0.25, 0.3) is 0 Å². The van der Waals surface area contributed by atoms with Crippen molar-refractivity contribution in [1.29, 1.82) is 0 Å². The molecule has 3 rings (SSSR count). The van der Waals surface area contributed by atoms with E-state index < -0.39 is 0 Å². The average molecular weight is 304 g/mol. The third-order valence-electron chi connectivity index (χ3n) is 3.56. The molecule has 0 fully saturated rings. The first kappa shape index (κ1) is 13.9. The van der Waals surface area contributed by atoms with Crippen LogP contribution in [0, 0.1) is 5.82 Å². The number of rotatable bonds is 3. The minimum absolute atomic E-state index is 0.0962. The number of aromatic nitrogens is 2. The SMILES string of the molecule is CC(Cc1ccc(F)cc1)n1c(N)nc2ccc(Cl)cc21. The summed E-state index contributed by atoms with van der Waals surface area (Å²) in [6, 6.07) is 12.1. The third-order valence-corrected chi connectivity index (χ3v) is 3.80. The lowest BCUT2D eigenvalue weighted by Crippen LogP contribution is -2.11. The molecular formula is C16H15ClFN3. The molecule has 1 heterocycles. The highest BCUT2D eigenvalue weighted by molar-refractivity contribution is 6.31. The van der Waals surface area contributed by atoms with Gasteiger partial charge in [-0.3, -0.25) is 0 Å². The van der Waals surface area contributed by atoms with Gasteiger partial charge in [0.1, 0.15) is 5.82 Å². The molecule has 0 bridgehead atoms. The van der Waals surface area contributed by atoms with Gasteiger partial charge in [0, 0.05) is 11.1 Å². The minimum Gasteiger partial charge on any atom is -0.369 e. The number of fused-ring (bicyclic) bond motifs is 1. The van der Waals surface area contributed by atoms with E-state index in [9.17, 15) is 4.39 Å². The van der Waals surface area contributed by atoms with Crippen molar-refractivity contribution in [2.45, 2.75) is 19.4 Å². The van der Waals surface area contributed by atoms with Crippen molar-refractivity contribution >= 4 is 28.6 Å². The van der Waals surface area contributed by atoms with E-state index in [1.54, 1.807) is 18.2 Å². The van der Waals surface area contributed by atoms with Crippen molar-refractivity contribution in [3.8, 4) is 0 Å². The van der Waals surface area contributed by atoms with Crippen molar-refractivity contribution in [1.82, 2.24) is 9.55 Å². The second-order valence-electron chi connectivity index (χ2n) is 5.15. The van der Waals surface area contributed by atoms with E-state index in [0.717, 1.165) is 23.0 Å². The molecule has 21 heavy (non-hydrogen) atoms. The van der Waals surface area contributed by atoms with Crippen LogP contribution in [0.3, 0.4) is 0 Å². The predicted octanol–water partition coefficient (Wildman–Crippen LogP) is 4.21. The van der Waals surface area contributed by atoms with Crippen LogP contribution in [0.5, 0.6) is 0 Å². The molecule has 1 atom stereocenters. The van der Waals surface area contributed by atoms with Gasteiger partial charge in [-0.2, -0.15) is 0 Å². The summed E-state index contributed by atoms with van der Waals surface area (Å²) in [5.74, 6) is 0.229. The Labute approximate surface area is 127 Å². The summed E-state index contributed by atoms with van der Waals surface area (Å²) in [5.41, 5.74) is 8.81. The van der Waals surface area contributed by atoms with Crippen LogP contribution in [0.2, 0.25) is 5.02 Å². The fourth-order valence-corrected chi connectivity index (χ4v) is 2.77. The number of nitrogen functional groups attached to an aromatic ring is 1. The normalized spacial score (nSPS) is 12.7. The van der Waals surface area contributed by atoms with Gasteiger partial charge in [-0.1, -0.05) is 23.7 Å². The van der Waals surface area contributed by atoms with E-state index in [4.69, 9.17) is 17.3 Å². The molecule has 3 nitrogen and oxygen atoms in total. The summed E-state index contributed by atoms with van der Waals surface area (Å²) in [5, 5.41) is 0.651. The largest absolute Gasteiger partial charge is 0.369 e. The van der Waals surface area contributed by atoms with Gasteiger partial charge in [-0.25, -0.2) is 9.37 Å². The van der Waals surface area contributed by atoms with E-state index >= 15 is 0 Å². The Kier molecular flexibility index (Phi) is 3.55. The van der Waals surface area contributed by atoms with Crippen molar-refractivity contribution in [3.05, 3.63) is 58.9 Å². The molecule has 0 aliphatic rings. The van der Waals surface area contributed by atoms with E-state index in [-0.39, 0.29) is 11.9 Å². The van der Waals surface area contributed by atoms with E-state index in [2.05, 4.69) is 11.9 Å². The Morgan fingerprint density at radius 1 is 1.24 bits per heavy atom. The summed E-state index contributed by atoms with van der Waals surface area (Å²) in [6.45, 7) is 2.06. The topological polar surface area (TPSA) is 43.8 Å². The maximum Gasteiger partial charge on any atom is 0.201 e. The van der Waals surface area contributed by atoms with E-state index in [0.29, 0.717) is 11.0 Å². The molecule has 5 heteroatoms. The Balaban J connectivity index is 1.97. The fraction of sp³-hybridized carbons (Fsp3) is 0.188. The Bertz CT molecular complexity index is 780. The van der Waals surface area contributed by atoms with Gasteiger partial charge < -0.3 is 10.3 Å². The molecule has 1 aromatic heterocycles. The highest BCUT2D eigenvalue weighted by Gasteiger charge is 2.15. The number of hydrogen-bond acceptors (Lipinski definition) is 2. The summed E-state index contributed by atoms with van der Waals surface area (Å²) >= 11 is 6.06. The third kappa shape index (κ3) is 2.72. The fourth-order valence-electron chi connectivity index (χ4n) is 2.60. The number of hydrogen-bond donors (Lipinski definition) is 1. The first-order valence-corrected chi connectivity index (χ1v) is 7.10. The maximum absolute atomic E-state index is 13.0. The summed E-state index contributed by atoms with van der Waals surface area (Å²) in [7, 11) is 0. The van der Waals surface area contributed by atoms with Crippen LogP contribution in [0.25, 0.3) is 11.0 Å². The van der Waals surface area contributed by atoms with Gasteiger partial charge in [0.05, 0.1) is 11.0 Å². The number of benzene rings is 2. The van der Waals surface area contributed by atoms with Crippen molar-refractivity contribution in [3.63, 3.8) is 0 Å². The lowest BCUT2D eigenvalue weighted by atomic mass is 10.1. The second-order valence-corrected chi connectivity index (χ2v) is 5.59. The molecule has 0 radical (unpaired) electrons. The first-order chi connectivity index (χ1) is 10.0. The van der Waals surface area contributed by atoms with Crippen LogP contribution >= 0.6 is 11.6 Å². The van der Waals surface area contributed by atoms with Gasteiger partial charge in [0.2, 0.25) is 5.95 Å². The molecule has 0 spiro atoms. The lowest BCUT2D eigenvalue weighted by molar-refractivity contribution is 0.565. The number of nitrogens with zero attached hydrogens (tertiary/aromatic N) is 2. The van der Waals surface area contributed by atoms with Crippen LogP contribution in [0.15, 0.2) is 42.5 Å². The quantitative estimate of drug-likeness (QED) is 0.787. The van der Waals surface area contributed by atoms with E-state index in [1.807, 2.05) is 16.7 Å². The molecule has 0 amide bonds. The molecule has 1 unspecified atom stereocenters. The molecule has 2 N–H and O–H groups in total. The van der Waals surface area contributed by atoms with Gasteiger partial charge in [-0.05, 0) is 49.2 Å². The Hall–Kier alpha value is -2.07. The molecule has 0 saturated heterocycles. The van der Waals surface area contributed by atoms with Crippen LogP contribution in [0.1, 0.15) is 18.5 Å². The van der Waals surface area contributed by atoms with Crippen molar-refractivity contribution in [2.75, 3.05) is 5.73 Å². The van der Waals surface area contributed by atoms with Crippen molar-refractivity contribution in [2.24, 2.45) is 0 Å². The molecular weight excluding hydrogens is 289 g/mol. The predicted molar refractivity (Wildman–Crippen MR) is 84.0 cm³/mol. The zero-order chi connectivity index (χ0) is 15.0. The van der Waals surface area contributed by atoms with Gasteiger partial charge in [-0.15, -0.1) is 0 Å². The highest BCUT2D eigenvalue weighted by Crippen LogP contribution is 2.27. The number of halogens is 2. The summed E-state index contributed by atoms with van der Waals surface area (Å²) < 4.78 is 14.9. The molecule has 0 saturated carbocycles. The minimum atomic E-state index is -0.231. The molecule has 3 aromatic rings. The molecule has 0 aliphatic carbocycles. The van der Waals surface area contributed by atoms with Crippen LogP contribution in [0.4, 0.5) is 10.3 Å².